The van der Waals surface area contributed by atoms with Crippen molar-refractivity contribution in [1.82, 2.24) is 15.0 Å². The number of carbonyl (C=O) groups is 1. The number of benzene rings is 1. The summed E-state index contributed by atoms with van der Waals surface area (Å²) in [6.45, 7) is 6.64. The van der Waals surface area contributed by atoms with Crippen LogP contribution >= 0.6 is 0 Å². The van der Waals surface area contributed by atoms with Crippen molar-refractivity contribution in [2.75, 3.05) is 6.61 Å². The van der Waals surface area contributed by atoms with Gasteiger partial charge in [0.2, 0.25) is 0 Å². The number of hydrogen-bond donors (Lipinski definition) is 0. The molecular weight excluding hydrogens is 254 g/mol. The Morgan fingerprint density at radius 2 is 2.00 bits per heavy atom. The van der Waals surface area contributed by atoms with Crippen LogP contribution in [0.15, 0.2) is 24.3 Å². The lowest BCUT2D eigenvalue weighted by Gasteiger charge is -2.10. The first-order valence-electron chi connectivity index (χ1n) is 6.76. The standard InChI is InChI=1S/C15H19N3O2/c1-4-20-13-7-5-12(6-8-13)9-15-14(10-19)16-17-18(15)11(2)3/h5-8,10-11H,4,9H2,1-3H3. The zero-order valence-electron chi connectivity index (χ0n) is 12.0. The van der Waals surface area contributed by atoms with E-state index in [9.17, 15) is 4.79 Å². The fourth-order valence-electron chi connectivity index (χ4n) is 2.07. The molecule has 0 atom stereocenters. The molecule has 2 rings (SSSR count). The Morgan fingerprint density at radius 3 is 2.55 bits per heavy atom. The number of aromatic nitrogens is 3. The van der Waals surface area contributed by atoms with Gasteiger partial charge in [-0.3, -0.25) is 4.79 Å². The minimum Gasteiger partial charge on any atom is -0.494 e. The van der Waals surface area contributed by atoms with Crippen LogP contribution in [-0.2, 0) is 6.42 Å². The van der Waals surface area contributed by atoms with Gasteiger partial charge in [-0.1, -0.05) is 17.3 Å². The number of rotatable bonds is 6. The van der Waals surface area contributed by atoms with Crippen LogP contribution in [-0.4, -0.2) is 27.9 Å². The van der Waals surface area contributed by atoms with Crippen molar-refractivity contribution in [3.05, 3.63) is 41.2 Å². The van der Waals surface area contributed by atoms with Crippen molar-refractivity contribution in [1.29, 1.82) is 0 Å². The molecule has 1 aromatic heterocycles. The Kier molecular flexibility index (Phi) is 4.50. The van der Waals surface area contributed by atoms with Crippen molar-refractivity contribution in [2.45, 2.75) is 33.2 Å². The van der Waals surface area contributed by atoms with Crippen molar-refractivity contribution < 1.29 is 9.53 Å². The smallest absolute Gasteiger partial charge is 0.172 e. The molecule has 0 saturated heterocycles. The van der Waals surface area contributed by atoms with Gasteiger partial charge in [-0.2, -0.15) is 0 Å². The summed E-state index contributed by atoms with van der Waals surface area (Å²) < 4.78 is 7.21. The summed E-state index contributed by atoms with van der Waals surface area (Å²) in [4.78, 5) is 11.1. The van der Waals surface area contributed by atoms with Gasteiger partial charge in [-0.15, -0.1) is 5.10 Å². The van der Waals surface area contributed by atoms with Crippen molar-refractivity contribution in [3.8, 4) is 5.75 Å². The molecule has 1 aromatic carbocycles. The van der Waals surface area contributed by atoms with Crippen LogP contribution in [0.25, 0.3) is 0 Å². The molecule has 0 N–H and O–H groups in total. The van der Waals surface area contributed by atoms with E-state index in [1.807, 2.05) is 45.0 Å². The fraction of sp³-hybridized carbons (Fsp3) is 0.400. The number of hydrogen-bond acceptors (Lipinski definition) is 4. The highest BCUT2D eigenvalue weighted by Gasteiger charge is 2.14. The monoisotopic (exact) mass is 273 g/mol. The van der Waals surface area contributed by atoms with E-state index in [2.05, 4.69) is 10.3 Å². The summed E-state index contributed by atoms with van der Waals surface area (Å²) >= 11 is 0. The molecule has 0 aliphatic carbocycles. The van der Waals surface area contributed by atoms with E-state index in [1.54, 1.807) is 4.68 Å². The predicted octanol–water partition coefficient (Wildman–Crippen LogP) is 2.66. The van der Waals surface area contributed by atoms with Crippen molar-refractivity contribution >= 4 is 6.29 Å². The highest BCUT2D eigenvalue weighted by atomic mass is 16.5. The van der Waals surface area contributed by atoms with Gasteiger partial charge in [-0.05, 0) is 38.5 Å². The lowest BCUT2D eigenvalue weighted by atomic mass is 10.1. The van der Waals surface area contributed by atoms with Gasteiger partial charge < -0.3 is 4.74 Å². The highest BCUT2D eigenvalue weighted by molar-refractivity contribution is 5.73. The third kappa shape index (κ3) is 3.04. The second-order valence-corrected chi connectivity index (χ2v) is 4.83. The minimum absolute atomic E-state index is 0.175. The van der Waals surface area contributed by atoms with E-state index >= 15 is 0 Å². The van der Waals surface area contributed by atoms with Gasteiger partial charge in [0.05, 0.1) is 12.3 Å². The predicted molar refractivity (Wildman–Crippen MR) is 76.2 cm³/mol. The van der Waals surface area contributed by atoms with Gasteiger partial charge in [0.15, 0.2) is 6.29 Å². The minimum atomic E-state index is 0.175. The van der Waals surface area contributed by atoms with E-state index in [0.29, 0.717) is 18.7 Å². The molecule has 0 bridgehead atoms. The summed E-state index contributed by atoms with van der Waals surface area (Å²) in [5.41, 5.74) is 2.35. The normalized spacial score (nSPS) is 10.8. The zero-order chi connectivity index (χ0) is 14.5. The summed E-state index contributed by atoms with van der Waals surface area (Å²) in [7, 11) is 0. The molecule has 5 nitrogen and oxygen atoms in total. The number of nitrogens with zero attached hydrogens (tertiary/aromatic N) is 3. The van der Waals surface area contributed by atoms with Gasteiger partial charge in [0, 0.05) is 12.5 Å². The van der Waals surface area contributed by atoms with Crippen LogP contribution in [0.3, 0.4) is 0 Å². The first-order chi connectivity index (χ1) is 9.65. The molecule has 0 unspecified atom stereocenters. The third-order valence-corrected chi connectivity index (χ3v) is 3.03. The molecule has 0 spiro atoms. The molecule has 0 aliphatic heterocycles. The largest absolute Gasteiger partial charge is 0.494 e. The topological polar surface area (TPSA) is 57.0 Å². The fourth-order valence-corrected chi connectivity index (χ4v) is 2.07. The molecule has 0 radical (unpaired) electrons. The molecular formula is C15H19N3O2. The Morgan fingerprint density at radius 1 is 1.30 bits per heavy atom. The maximum atomic E-state index is 11.1. The Labute approximate surface area is 118 Å². The summed E-state index contributed by atoms with van der Waals surface area (Å²) in [5, 5.41) is 7.96. The van der Waals surface area contributed by atoms with Gasteiger partial charge in [-0.25, -0.2) is 4.68 Å². The second-order valence-electron chi connectivity index (χ2n) is 4.83. The lowest BCUT2D eigenvalue weighted by Crippen LogP contribution is -2.09. The molecule has 0 saturated carbocycles. The van der Waals surface area contributed by atoms with Crippen LogP contribution in [0.5, 0.6) is 5.75 Å². The molecule has 0 fully saturated rings. The van der Waals surface area contributed by atoms with Gasteiger partial charge in [0.25, 0.3) is 0 Å². The van der Waals surface area contributed by atoms with Gasteiger partial charge >= 0.3 is 0 Å². The number of carbonyl (C=O) groups excluding carboxylic acids is 1. The summed E-state index contributed by atoms with van der Waals surface area (Å²) in [6.07, 6.45) is 1.39. The van der Waals surface area contributed by atoms with Crippen LogP contribution in [0, 0.1) is 0 Å². The molecule has 5 heteroatoms. The van der Waals surface area contributed by atoms with E-state index in [4.69, 9.17) is 4.74 Å². The SMILES string of the molecule is CCOc1ccc(Cc2c(C=O)nnn2C(C)C)cc1. The van der Waals surface area contributed by atoms with Crippen LogP contribution in [0.1, 0.15) is 48.6 Å². The summed E-state index contributed by atoms with van der Waals surface area (Å²) in [6, 6.07) is 8.04. The molecule has 2 aromatic rings. The molecule has 0 aliphatic rings. The maximum Gasteiger partial charge on any atom is 0.172 e. The van der Waals surface area contributed by atoms with E-state index < -0.39 is 0 Å². The quantitative estimate of drug-likeness (QED) is 0.759. The Balaban J connectivity index is 2.24. The Hall–Kier alpha value is -2.17. The van der Waals surface area contributed by atoms with Crippen LogP contribution in [0.2, 0.25) is 0 Å². The Bertz CT molecular complexity index is 573. The van der Waals surface area contributed by atoms with Crippen LogP contribution in [0.4, 0.5) is 0 Å². The zero-order valence-corrected chi connectivity index (χ0v) is 12.0. The van der Waals surface area contributed by atoms with E-state index in [-0.39, 0.29) is 6.04 Å². The molecule has 106 valence electrons. The highest BCUT2D eigenvalue weighted by Crippen LogP contribution is 2.18. The molecule has 1 heterocycles. The summed E-state index contributed by atoms with van der Waals surface area (Å²) in [5.74, 6) is 0.849. The molecule has 0 amide bonds. The van der Waals surface area contributed by atoms with E-state index in [0.717, 1.165) is 23.3 Å². The first-order valence-corrected chi connectivity index (χ1v) is 6.76. The van der Waals surface area contributed by atoms with Gasteiger partial charge in [0.1, 0.15) is 11.4 Å². The average Bonchev–Trinajstić information content (AvgIpc) is 2.84. The lowest BCUT2D eigenvalue weighted by molar-refractivity contribution is 0.111. The van der Waals surface area contributed by atoms with E-state index in [1.165, 1.54) is 0 Å². The third-order valence-electron chi connectivity index (χ3n) is 3.03. The number of aldehydes is 1. The van der Waals surface area contributed by atoms with Crippen molar-refractivity contribution in [2.24, 2.45) is 0 Å². The van der Waals surface area contributed by atoms with Crippen molar-refractivity contribution in [3.63, 3.8) is 0 Å². The second kappa shape index (κ2) is 6.32. The molecule has 20 heavy (non-hydrogen) atoms. The van der Waals surface area contributed by atoms with Crippen LogP contribution < -0.4 is 4.74 Å². The average molecular weight is 273 g/mol. The maximum absolute atomic E-state index is 11.1. The first kappa shape index (κ1) is 14.2. The number of ether oxygens (including phenoxy) is 1.